The average Bonchev–Trinajstić information content (AvgIpc) is 3.13. The predicted molar refractivity (Wildman–Crippen MR) is 136 cm³/mol. The molecule has 1 aliphatic rings. The van der Waals surface area contributed by atoms with E-state index in [1.165, 1.54) is 32.1 Å². The molecule has 0 unspecified atom stereocenters. The lowest BCUT2D eigenvalue weighted by atomic mass is 10.2. The van der Waals surface area contributed by atoms with Crippen LogP contribution in [0, 0.1) is 0 Å². The van der Waals surface area contributed by atoms with Gasteiger partial charge in [-0.05, 0) is 35.3 Å². The summed E-state index contributed by atoms with van der Waals surface area (Å²) in [5.74, 6) is -0.973. The number of hydrogen-bond donors (Lipinski definition) is 1. The van der Waals surface area contributed by atoms with E-state index in [2.05, 4.69) is 42.2 Å². The van der Waals surface area contributed by atoms with Crippen molar-refractivity contribution in [2.24, 2.45) is 0 Å². The van der Waals surface area contributed by atoms with Crippen LogP contribution in [0.25, 0.3) is 6.08 Å². The molecule has 36 heavy (non-hydrogen) atoms. The third-order valence-electron chi connectivity index (χ3n) is 5.10. The van der Waals surface area contributed by atoms with Gasteiger partial charge in [-0.3, -0.25) is 19.0 Å². The third kappa shape index (κ3) is 6.59. The van der Waals surface area contributed by atoms with Gasteiger partial charge >= 0.3 is 17.6 Å². The van der Waals surface area contributed by atoms with E-state index in [0.717, 1.165) is 4.57 Å². The topological polar surface area (TPSA) is 135 Å². The normalized spacial score (nSPS) is 21.2. The number of carbonyl (C=O) groups excluding carboxylic acids is 3. The van der Waals surface area contributed by atoms with Crippen LogP contribution in [0.4, 0.5) is 5.82 Å². The number of benzene rings is 1. The van der Waals surface area contributed by atoms with E-state index in [0.29, 0.717) is 16.9 Å². The summed E-state index contributed by atoms with van der Waals surface area (Å²) in [5.41, 5.74) is -0.0603. The first-order valence-corrected chi connectivity index (χ1v) is 12.4. The number of nitrogens with zero attached hydrogens (tertiary/aromatic N) is 2. The van der Waals surface area contributed by atoms with Gasteiger partial charge in [-0.1, -0.05) is 31.9 Å². The quantitative estimate of drug-likeness (QED) is 0.346. The summed E-state index contributed by atoms with van der Waals surface area (Å²) in [5, 5.41) is 2.63. The lowest BCUT2D eigenvalue weighted by molar-refractivity contribution is -0.153. The number of anilines is 1. The van der Waals surface area contributed by atoms with E-state index in [1.54, 1.807) is 30.3 Å². The van der Waals surface area contributed by atoms with Crippen molar-refractivity contribution in [3.8, 4) is 5.75 Å². The van der Waals surface area contributed by atoms with Gasteiger partial charge in [0.1, 0.15) is 24.3 Å². The Bertz CT molecular complexity index is 1210. The fourth-order valence-electron chi connectivity index (χ4n) is 3.45. The third-order valence-corrected chi connectivity index (χ3v) is 6.47. The van der Waals surface area contributed by atoms with Gasteiger partial charge < -0.3 is 24.3 Å². The van der Waals surface area contributed by atoms with Crippen molar-refractivity contribution in [3.05, 3.63) is 57.1 Å². The molecule has 1 aliphatic heterocycles. The highest BCUT2D eigenvalue weighted by atomic mass is 79.9. The highest BCUT2D eigenvalue weighted by Gasteiger charge is 2.47. The zero-order valence-electron chi connectivity index (χ0n) is 19.5. The number of hydrogen-bond acceptors (Lipinski definition) is 9. The maximum absolute atomic E-state index is 13.0. The van der Waals surface area contributed by atoms with Gasteiger partial charge in [0.15, 0.2) is 12.3 Å². The molecule has 1 aromatic carbocycles. The summed E-state index contributed by atoms with van der Waals surface area (Å²) < 4.78 is 22.6. The van der Waals surface area contributed by atoms with Crippen molar-refractivity contribution < 1.29 is 33.3 Å². The number of alkyl halides is 1. The summed E-state index contributed by atoms with van der Waals surface area (Å²) in [4.78, 5) is 53.7. The summed E-state index contributed by atoms with van der Waals surface area (Å²) >= 11 is 6.62. The molecule has 1 aromatic heterocycles. The van der Waals surface area contributed by atoms with E-state index in [4.69, 9.17) is 18.9 Å². The smallest absolute Gasteiger partial charge is 0.351 e. The van der Waals surface area contributed by atoms with Gasteiger partial charge in [0.25, 0.3) is 5.91 Å². The predicted octanol–water partition coefficient (Wildman–Crippen LogP) is 3.03. The fourth-order valence-corrected chi connectivity index (χ4v) is 4.38. The van der Waals surface area contributed by atoms with E-state index in [9.17, 15) is 19.2 Å². The molecular weight excluding hydrogens is 606 g/mol. The van der Waals surface area contributed by atoms with Crippen molar-refractivity contribution in [3.63, 3.8) is 0 Å². The summed E-state index contributed by atoms with van der Waals surface area (Å²) in [6.07, 6.45) is 0.284. The Morgan fingerprint density at radius 1 is 1.19 bits per heavy atom. The number of ether oxygens (including phenoxy) is 4. The molecule has 0 bridgehead atoms. The van der Waals surface area contributed by atoms with Crippen LogP contribution < -0.4 is 15.7 Å². The first-order chi connectivity index (χ1) is 17.1. The van der Waals surface area contributed by atoms with Crippen LogP contribution in [0.2, 0.25) is 0 Å². The van der Waals surface area contributed by atoms with Gasteiger partial charge in [0, 0.05) is 31.2 Å². The van der Waals surface area contributed by atoms with E-state index in [1.807, 2.05) is 0 Å². The number of amides is 1. The van der Waals surface area contributed by atoms with Crippen molar-refractivity contribution in [2.45, 2.75) is 37.1 Å². The van der Waals surface area contributed by atoms with E-state index < -0.39 is 46.8 Å². The molecule has 1 N–H and O–H groups in total. The highest BCUT2D eigenvalue weighted by molar-refractivity contribution is 9.11. The zero-order valence-corrected chi connectivity index (χ0v) is 22.6. The van der Waals surface area contributed by atoms with Crippen molar-refractivity contribution in [2.75, 3.05) is 19.0 Å². The Morgan fingerprint density at radius 2 is 1.89 bits per heavy atom. The molecule has 1 fully saturated rings. The molecule has 2 aromatic rings. The molecule has 1 amide bonds. The number of halogens is 2. The second kappa shape index (κ2) is 12.3. The lowest BCUT2D eigenvalue weighted by Crippen LogP contribution is -2.37. The Hall–Kier alpha value is -3.03. The Morgan fingerprint density at radius 3 is 2.47 bits per heavy atom. The van der Waals surface area contributed by atoms with Crippen LogP contribution in [0.5, 0.6) is 5.75 Å². The molecule has 4 atom stereocenters. The lowest BCUT2D eigenvalue weighted by Gasteiger charge is -2.22. The molecule has 2 heterocycles. The molecule has 0 saturated carbocycles. The SMILES string of the molecule is COc1ccc(C(=O)Nc2nc(=O)n([C@@H]3O[C@H](COC(C)=O)[C@H](Br)[C@H]3OC(C)=O)cc2C=CBr)cc1. The molecule has 0 aliphatic carbocycles. The molecule has 0 radical (unpaired) electrons. The zero-order chi connectivity index (χ0) is 26.4. The van der Waals surface area contributed by atoms with Crippen LogP contribution in [-0.2, 0) is 23.8 Å². The molecule has 3 rings (SSSR count). The van der Waals surface area contributed by atoms with Gasteiger partial charge in [-0.25, -0.2) is 4.79 Å². The number of methoxy groups -OCH3 is 1. The molecule has 1 saturated heterocycles. The molecule has 11 nitrogen and oxygen atoms in total. The summed E-state index contributed by atoms with van der Waals surface area (Å²) in [6.45, 7) is 2.37. The van der Waals surface area contributed by atoms with Gasteiger partial charge in [0.05, 0.1) is 11.9 Å². The Kier molecular flexibility index (Phi) is 9.40. The summed E-state index contributed by atoms with van der Waals surface area (Å²) in [7, 11) is 1.52. The van der Waals surface area contributed by atoms with Crippen LogP contribution in [0.3, 0.4) is 0 Å². The number of carbonyl (C=O) groups is 3. The number of aromatic nitrogens is 2. The fraction of sp³-hybridized carbons (Fsp3) is 0.348. The van der Waals surface area contributed by atoms with Crippen molar-refractivity contribution >= 4 is 61.6 Å². The Labute approximate surface area is 223 Å². The molecule has 13 heteroatoms. The largest absolute Gasteiger partial charge is 0.497 e. The first-order valence-electron chi connectivity index (χ1n) is 10.6. The number of rotatable bonds is 8. The van der Waals surface area contributed by atoms with Crippen molar-refractivity contribution in [1.29, 1.82) is 0 Å². The standard InChI is InChI=1S/C23H23Br2N3O8/c1-12(29)34-11-17-18(25)19(35-13(2)30)22(36-17)28-10-15(8-9-24)20(27-23(28)32)26-21(31)14-4-6-16(33-3)7-5-14/h4-10,17-19,22H,11H2,1-3H3,(H,26,27,31,32)/t17-,18+,19-,22-/m1/s1. The van der Waals surface area contributed by atoms with Crippen LogP contribution in [-0.4, -0.2) is 58.1 Å². The number of nitrogens with one attached hydrogen (secondary N) is 1. The van der Waals surface area contributed by atoms with Crippen LogP contribution in [0.1, 0.15) is 36.0 Å². The minimum Gasteiger partial charge on any atom is -0.497 e. The van der Waals surface area contributed by atoms with Gasteiger partial charge in [-0.2, -0.15) is 4.98 Å². The molecule has 192 valence electrons. The van der Waals surface area contributed by atoms with Crippen LogP contribution >= 0.6 is 31.9 Å². The minimum atomic E-state index is -1.08. The van der Waals surface area contributed by atoms with E-state index in [-0.39, 0.29) is 12.4 Å². The maximum atomic E-state index is 13.0. The monoisotopic (exact) mass is 627 g/mol. The first kappa shape index (κ1) is 27.6. The van der Waals surface area contributed by atoms with Crippen molar-refractivity contribution in [1.82, 2.24) is 9.55 Å². The summed E-state index contributed by atoms with van der Waals surface area (Å²) in [6, 6.07) is 6.42. The second-order valence-electron chi connectivity index (χ2n) is 7.60. The van der Waals surface area contributed by atoms with Gasteiger partial charge in [0.2, 0.25) is 0 Å². The molecule has 0 spiro atoms. The Balaban J connectivity index is 1.94. The van der Waals surface area contributed by atoms with E-state index >= 15 is 0 Å². The number of esters is 2. The van der Waals surface area contributed by atoms with Crippen LogP contribution in [0.15, 0.2) is 40.2 Å². The minimum absolute atomic E-state index is 0.0154. The second-order valence-corrected chi connectivity index (χ2v) is 9.18. The maximum Gasteiger partial charge on any atom is 0.351 e. The van der Waals surface area contributed by atoms with Gasteiger partial charge in [-0.15, -0.1) is 0 Å². The average molecular weight is 629 g/mol. The molecular formula is C23H23Br2N3O8. The highest BCUT2D eigenvalue weighted by Crippen LogP contribution is 2.36.